The van der Waals surface area contributed by atoms with Crippen molar-refractivity contribution in [3.05, 3.63) is 29.1 Å². The molecule has 3 heterocycles. The van der Waals surface area contributed by atoms with Gasteiger partial charge in [-0.1, -0.05) is 0 Å². The quantitative estimate of drug-likeness (QED) is 0.826. The average molecular weight is 346 g/mol. The maximum absolute atomic E-state index is 12.9. The molecule has 1 amide bonds. The van der Waals surface area contributed by atoms with Crippen molar-refractivity contribution < 1.29 is 4.79 Å². The summed E-state index contributed by atoms with van der Waals surface area (Å²) in [4.78, 5) is 22.2. The van der Waals surface area contributed by atoms with E-state index in [0.717, 1.165) is 57.0 Å². The third kappa shape index (κ3) is 3.47. The lowest BCUT2D eigenvalue weighted by Crippen LogP contribution is -2.39. The van der Waals surface area contributed by atoms with Crippen molar-refractivity contribution in [3.8, 4) is 0 Å². The van der Waals surface area contributed by atoms with Gasteiger partial charge in [0.1, 0.15) is 0 Å². The maximum Gasteiger partial charge on any atom is 0.255 e. The summed E-state index contributed by atoms with van der Waals surface area (Å²) in [5.41, 5.74) is 3.30. The Bertz CT molecular complexity index is 600. The maximum atomic E-state index is 12.9. The van der Waals surface area contributed by atoms with Gasteiger partial charge in [-0.2, -0.15) is 11.8 Å². The van der Waals surface area contributed by atoms with E-state index in [1.165, 1.54) is 42.0 Å². The molecule has 130 valence electrons. The number of amides is 1. The molecule has 1 aromatic heterocycles. The fourth-order valence-corrected chi connectivity index (χ4v) is 5.46. The van der Waals surface area contributed by atoms with Gasteiger partial charge in [-0.25, -0.2) is 0 Å². The number of thioether (sulfide) groups is 1. The number of carbonyl (C=O) groups excluding carboxylic acids is 1. The molecular weight excluding hydrogens is 318 g/mol. The van der Waals surface area contributed by atoms with E-state index in [1.807, 2.05) is 11.1 Å². The summed E-state index contributed by atoms with van der Waals surface area (Å²) in [6.45, 7) is 3.90. The van der Waals surface area contributed by atoms with Crippen LogP contribution in [0, 0.1) is 0 Å². The van der Waals surface area contributed by atoms with E-state index in [1.54, 1.807) is 0 Å². The highest BCUT2D eigenvalue weighted by molar-refractivity contribution is 7.99. The highest BCUT2D eigenvalue weighted by Crippen LogP contribution is 2.24. The first kappa shape index (κ1) is 16.4. The van der Waals surface area contributed by atoms with Crippen LogP contribution in [0.3, 0.4) is 0 Å². The van der Waals surface area contributed by atoms with Gasteiger partial charge in [-0.05, 0) is 55.9 Å². The van der Waals surface area contributed by atoms with Crippen LogP contribution < -0.4 is 0 Å². The zero-order chi connectivity index (χ0) is 16.4. The van der Waals surface area contributed by atoms with E-state index in [4.69, 9.17) is 0 Å². The molecule has 4 rings (SSSR count). The van der Waals surface area contributed by atoms with Crippen LogP contribution in [0.15, 0.2) is 12.3 Å². The zero-order valence-electron chi connectivity index (χ0n) is 14.4. The minimum absolute atomic E-state index is 0.179. The van der Waals surface area contributed by atoms with E-state index >= 15 is 0 Å². The number of nitrogens with zero attached hydrogens (tertiary/aromatic N) is 3. The van der Waals surface area contributed by atoms with Crippen LogP contribution in [0.1, 0.15) is 47.3 Å². The molecule has 3 aliphatic rings. The summed E-state index contributed by atoms with van der Waals surface area (Å²) in [6.07, 6.45) is 8.82. The van der Waals surface area contributed by atoms with Gasteiger partial charge >= 0.3 is 0 Å². The molecule has 24 heavy (non-hydrogen) atoms. The first-order valence-electron chi connectivity index (χ1n) is 9.40. The minimum atomic E-state index is 0.179. The smallest absolute Gasteiger partial charge is 0.255 e. The number of aromatic nitrogens is 1. The second-order valence-electron chi connectivity index (χ2n) is 7.24. The molecule has 0 spiro atoms. The monoisotopic (exact) mass is 345 g/mol. The van der Waals surface area contributed by atoms with E-state index in [-0.39, 0.29) is 5.91 Å². The highest BCUT2D eigenvalue weighted by atomic mass is 32.2. The SMILES string of the molecule is O=C(c1cnc2c(c1)CCCC2)N1CCCN(C2CCSC2)CC1. The van der Waals surface area contributed by atoms with Crippen LogP contribution in [-0.2, 0) is 12.8 Å². The van der Waals surface area contributed by atoms with Gasteiger partial charge in [0.2, 0.25) is 0 Å². The lowest BCUT2D eigenvalue weighted by atomic mass is 9.95. The van der Waals surface area contributed by atoms with Gasteiger partial charge < -0.3 is 4.90 Å². The predicted octanol–water partition coefficient (Wildman–Crippen LogP) is 2.61. The van der Waals surface area contributed by atoms with Crippen molar-refractivity contribution >= 4 is 17.7 Å². The molecule has 0 N–H and O–H groups in total. The molecule has 1 aliphatic carbocycles. The van der Waals surface area contributed by atoms with Gasteiger partial charge in [0.05, 0.1) is 5.56 Å². The summed E-state index contributed by atoms with van der Waals surface area (Å²) in [6, 6.07) is 2.84. The second kappa shape index (κ2) is 7.44. The molecule has 1 unspecified atom stereocenters. The topological polar surface area (TPSA) is 36.4 Å². The molecule has 0 radical (unpaired) electrons. The standard InChI is InChI=1S/C19H27N3OS/c23-19(16-12-15-4-1-2-5-18(15)20-13-16)22-8-3-7-21(9-10-22)17-6-11-24-14-17/h12-13,17H,1-11,14H2. The molecule has 0 aromatic carbocycles. The van der Waals surface area contributed by atoms with Crippen molar-refractivity contribution in [3.63, 3.8) is 0 Å². The molecule has 2 aliphatic heterocycles. The molecular formula is C19H27N3OS. The van der Waals surface area contributed by atoms with Crippen molar-refractivity contribution in [1.82, 2.24) is 14.8 Å². The largest absolute Gasteiger partial charge is 0.337 e. The number of hydrogen-bond acceptors (Lipinski definition) is 4. The minimum Gasteiger partial charge on any atom is -0.337 e. The first-order chi connectivity index (χ1) is 11.8. The van der Waals surface area contributed by atoms with Crippen LogP contribution in [0.2, 0.25) is 0 Å². The number of aryl methyl sites for hydroxylation is 2. The molecule has 0 saturated carbocycles. The normalized spacial score (nSPS) is 25.3. The highest BCUT2D eigenvalue weighted by Gasteiger charge is 2.27. The van der Waals surface area contributed by atoms with Crippen LogP contribution >= 0.6 is 11.8 Å². The van der Waals surface area contributed by atoms with Gasteiger partial charge in [-0.3, -0.25) is 14.7 Å². The van der Waals surface area contributed by atoms with E-state index < -0.39 is 0 Å². The van der Waals surface area contributed by atoms with Crippen LogP contribution in [-0.4, -0.2) is 64.4 Å². The Morgan fingerprint density at radius 3 is 2.92 bits per heavy atom. The van der Waals surface area contributed by atoms with Crippen molar-refractivity contribution in [2.45, 2.75) is 44.6 Å². The van der Waals surface area contributed by atoms with Crippen molar-refractivity contribution in [1.29, 1.82) is 0 Å². The van der Waals surface area contributed by atoms with E-state index in [0.29, 0.717) is 0 Å². The van der Waals surface area contributed by atoms with Gasteiger partial charge in [-0.15, -0.1) is 0 Å². The number of carbonyl (C=O) groups is 1. The molecule has 1 aromatic rings. The second-order valence-corrected chi connectivity index (χ2v) is 8.39. The fourth-order valence-electron chi connectivity index (χ4n) is 4.20. The predicted molar refractivity (Wildman–Crippen MR) is 98.7 cm³/mol. The zero-order valence-corrected chi connectivity index (χ0v) is 15.2. The lowest BCUT2D eigenvalue weighted by Gasteiger charge is -2.27. The third-order valence-electron chi connectivity index (χ3n) is 5.66. The Kier molecular flexibility index (Phi) is 5.09. The van der Waals surface area contributed by atoms with Crippen molar-refractivity contribution in [2.24, 2.45) is 0 Å². The molecule has 0 bridgehead atoms. The summed E-state index contributed by atoms with van der Waals surface area (Å²) >= 11 is 2.07. The Morgan fingerprint density at radius 1 is 1.12 bits per heavy atom. The Morgan fingerprint density at radius 2 is 2.04 bits per heavy atom. The Labute approximate surface area is 149 Å². The van der Waals surface area contributed by atoms with Gasteiger partial charge in [0.15, 0.2) is 0 Å². The molecule has 2 saturated heterocycles. The van der Waals surface area contributed by atoms with E-state index in [9.17, 15) is 4.79 Å². The molecule has 5 heteroatoms. The van der Waals surface area contributed by atoms with Crippen LogP contribution in [0.25, 0.3) is 0 Å². The summed E-state index contributed by atoms with van der Waals surface area (Å²) in [5, 5.41) is 0. The van der Waals surface area contributed by atoms with Gasteiger partial charge in [0, 0.05) is 49.9 Å². The fraction of sp³-hybridized carbons (Fsp3) is 0.684. The molecule has 4 nitrogen and oxygen atoms in total. The number of hydrogen-bond donors (Lipinski definition) is 0. The number of rotatable bonds is 2. The number of pyridine rings is 1. The summed E-state index contributed by atoms with van der Waals surface area (Å²) in [5.74, 6) is 2.74. The van der Waals surface area contributed by atoms with Gasteiger partial charge in [0.25, 0.3) is 5.91 Å². The number of fused-ring (bicyclic) bond motifs is 1. The van der Waals surface area contributed by atoms with E-state index in [2.05, 4.69) is 27.7 Å². The lowest BCUT2D eigenvalue weighted by molar-refractivity contribution is 0.0758. The molecule has 2 fully saturated rings. The van der Waals surface area contributed by atoms with Crippen LogP contribution in [0.5, 0.6) is 0 Å². The first-order valence-corrected chi connectivity index (χ1v) is 10.6. The summed E-state index contributed by atoms with van der Waals surface area (Å²) in [7, 11) is 0. The van der Waals surface area contributed by atoms with Crippen molar-refractivity contribution in [2.75, 3.05) is 37.7 Å². The Hall–Kier alpha value is -1.07. The third-order valence-corrected chi connectivity index (χ3v) is 6.80. The Balaban J connectivity index is 1.42. The average Bonchev–Trinajstić information content (AvgIpc) is 3.05. The van der Waals surface area contributed by atoms with Crippen LogP contribution in [0.4, 0.5) is 0 Å². The summed E-state index contributed by atoms with van der Waals surface area (Å²) < 4.78 is 0. The molecule has 1 atom stereocenters.